The molecule has 4 aliphatic heterocycles. The highest BCUT2D eigenvalue weighted by Gasteiger charge is 2.45. The van der Waals surface area contributed by atoms with Gasteiger partial charge in [-0.25, -0.2) is 15.0 Å². The van der Waals surface area contributed by atoms with Crippen molar-refractivity contribution in [1.29, 1.82) is 0 Å². The minimum absolute atomic E-state index is 0.165. The van der Waals surface area contributed by atoms with Crippen LogP contribution in [-0.4, -0.2) is 107 Å². The van der Waals surface area contributed by atoms with Gasteiger partial charge in [-0.1, -0.05) is 0 Å². The van der Waals surface area contributed by atoms with Crippen molar-refractivity contribution < 1.29 is 9.53 Å². The third-order valence-electron chi connectivity index (χ3n) is 7.82. The van der Waals surface area contributed by atoms with Crippen LogP contribution in [0, 0.1) is 0 Å². The Kier molecular flexibility index (Phi) is 5.68. The van der Waals surface area contributed by atoms with Gasteiger partial charge in [0.15, 0.2) is 0 Å². The Morgan fingerprint density at radius 3 is 2.57 bits per heavy atom. The van der Waals surface area contributed by atoms with E-state index in [0.29, 0.717) is 25.7 Å². The van der Waals surface area contributed by atoms with Crippen LogP contribution in [0.15, 0.2) is 12.4 Å². The standard InChI is InChI=1S/C24H33N9O2/c1-24(4-8-32(16-24)19(34)15-30-5-2-6-30)33-7-3-18-20(17-13-26-22(25)27-14-17)28-23(29-21(18)33)31-9-11-35-12-10-31/h13-14H,2-12,15-16H2,1H3,(H2,25,26,27)/t24-/m0/s1. The number of fused-ring (bicyclic) bond motifs is 1. The fourth-order valence-corrected chi connectivity index (χ4v) is 5.58. The SMILES string of the molecule is C[C@]1(N2CCc3c(-c4cnc(N)nc4)nc(N4CCOCC4)nc32)CCN(C(=O)CN2CCC2)C1. The van der Waals surface area contributed by atoms with E-state index in [2.05, 4.69) is 31.6 Å². The topological polar surface area (TPSA) is 117 Å². The quantitative estimate of drug-likeness (QED) is 0.646. The van der Waals surface area contributed by atoms with E-state index < -0.39 is 0 Å². The summed E-state index contributed by atoms with van der Waals surface area (Å²) in [4.78, 5) is 40.3. The highest BCUT2D eigenvalue weighted by Crippen LogP contribution is 2.41. The van der Waals surface area contributed by atoms with E-state index in [0.717, 1.165) is 81.3 Å². The molecule has 0 radical (unpaired) electrons. The molecule has 11 nitrogen and oxygen atoms in total. The highest BCUT2D eigenvalue weighted by atomic mass is 16.5. The zero-order valence-electron chi connectivity index (χ0n) is 20.3. The average Bonchev–Trinajstić information content (AvgIpc) is 3.47. The molecule has 6 rings (SSSR count). The normalized spacial score (nSPS) is 24.5. The van der Waals surface area contributed by atoms with E-state index in [1.807, 2.05) is 4.90 Å². The van der Waals surface area contributed by atoms with Crippen LogP contribution in [0.2, 0.25) is 0 Å². The fraction of sp³-hybridized carbons (Fsp3) is 0.625. The van der Waals surface area contributed by atoms with Crippen LogP contribution in [0.25, 0.3) is 11.3 Å². The van der Waals surface area contributed by atoms with E-state index in [9.17, 15) is 4.79 Å². The summed E-state index contributed by atoms with van der Waals surface area (Å²) < 4.78 is 5.55. The van der Waals surface area contributed by atoms with Crippen molar-refractivity contribution in [3.8, 4) is 11.3 Å². The number of hydrogen-bond acceptors (Lipinski definition) is 10. The van der Waals surface area contributed by atoms with Gasteiger partial charge in [-0.05, 0) is 39.3 Å². The molecule has 3 fully saturated rings. The molecule has 1 amide bonds. The summed E-state index contributed by atoms with van der Waals surface area (Å²) in [5.41, 5.74) is 8.41. The maximum atomic E-state index is 12.9. The lowest BCUT2D eigenvalue weighted by molar-refractivity contribution is -0.132. The van der Waals surface area contributed by atoms with Gasteiger partial charge in [0.1, 0.15) is 5.82 Å². The van der Waals surface area contributed by atoms with Gasteiger partial charge in [0.25, 0.3) is 0 Å². The average molecular weight is 480 g/mol. The number of aromatic nitrogens is 4. The summed E-state index contributed by atoms with van der Waals surface area (Å²) in [6.07, 6.45) is 6.45. The Balaban J connectivity index is 1.32. The van der Waals surface area contributed by atoms with E-state index in [1.54, 1.807) is 12.4 Å². The van der Waals surface area contributed by atoms with E-state index in [4.69, 9.17) is 20.4 Å². The maximum absolute atomic E-state index is 12.9. The van der Waals surface area contributed by atoms with Crippen molar-refractivity contribution in [2.75, 3.05) is 81.1 Å². The Morgan fingerprint density at radius 2 is 1.86 bits per heavy atom. The van der Waals surface area contributed by atoms with Crippen LogP contribution >= 0.6 is 0 Å². The van der Waals surface area contributed by atoms with Crippen LogP contribution in [0.3, 0.4) is 0 Å². The summed E-state index contributed by atoms with van der Waals surface area (Å²) >= 11 is 0. The largest absolute Gasteiger partial charge is 0.378 e. The van der Waals surface area contributed by atoms with Crippen molar-refractivity contribution in [1.82, 2.24) is 29.7 Å². The Labute approximate surface area is 205 Å². The van der Waals surface area contributed by atoms with Crippen molar-refractivity contribution in [3.63, 3.8) is 0 Å². The molecule has 0 bridgehead atoms. The first kappa shape index (κ1) is 22.4. The lowest BCUT2D eigenvalue weighted by Crippen LogP contribution is -2.50. The summed E-state index contributed by atoms with van der Waals surface area (Å²) in [7, 11) is 0. The molecule has 35 heavy (non-hydrogen) atoms. The second kappa shape index (κ2) is 8.87. The molecule has 186 valence electrons. The van der Waals surface area contributed by atoms with Crippen molar-refractivity contribution in [2.45, 2.75) is 31.7 Å². The highest BCUT2D eigenvalue weighted by molar-refractivity contribution is 5.79. The Hall–Kier alpha value is -3.05. The van der Waals surface area contributed by atoms with Gasteiger partial charge in [-0.15, -0.1) is 0 Å². The maximum Gasteiger partial charge on any atom is 0.236 e. The lowest BCUT2D eigenvalue weighted by atomic mass is 9.99. The molecule has 0 aliphatic carbocycles. The van der Waals surface area contributed by atoms with Crippen molar-refractivity contribution in [2.24, 2.45) is 0 Å². The van der Waals surface area contributed by atoms with Crippen LogP contribution in [0.4, 0.5) is 17.7 Å². The molecule has 0 unspecified atom stereocenters. The summed E-state index contributed by atoms with van der Waals surface area (Å²) in [5, 5.41) is 0. The van der Waals surface area contributed by atoms with E-state index >= 15 is 0 Å². The number of amides is 1. The minimum Gasteiger partial charge on any atom is -0.378 e. The molecular formula is C24H33N9O2. The molecule has 1 atom stereocenters. The molecule has 11 heteroatoms. The lowest BCUT2D eigenvalue weighted by Gasteiger charge is -2.38. The first-order chi connectivity index (χ1) is 17.0. The van der Waals surface area contributed by atoms with Crippen LogP contribution in [-0.2, 0) is 16.0 Å². The van der Waals surface area contributed by atoms with E-state index in [1.165, 1.54) is 6.42 Å². The number of carbonyl (C=O) groups is 1. The summed E-state index contributed by atoms with van der Waals surface area (Å²) in [6.45, 7) is 10.1. The third-order valence-corrected chi connectivity index (χ3v) is 7.82. The molecule has 4 aliphatic rings. The molecule has 2 aromatic rings. The second-order valence-electron chi connectivity index (χ2n) is 10.2. The number of nitrogens with two attached hydrogens (primary N) is 1. The fourth-order valence-electron chi connectivity index (χ4n) is 5.58. The molecule has 3 saturated heterocycles. The number of nitrogen functional groups attached to an aromatic ring is 1. The zero-order chi connectivity index (χ0) is 24.0. The minimum atomic E-state index is -0.165. The first-order valence-electron chi connectivity index (χ1n) is 12.6. The predicted octanol–water partition coefficient (Wildman–Crippen LogP) is 0.412. The van der Waals surface area contributed by atoms with Gasteiger partial charge >= 0.3 is 0 Å². The van der Waals surface area contributed by atoms with Crippen LogP contribution in [0.1, 0.15) is 25.3 Å². The van der Waals surface area contributed by atoms with Gasteiger partial charge < -0.3 is 25.2 Å². The number of ether oxygens (including phenoxy) is 1. The van der Waals surface area contributed by atoms with E-state index in [-0.39, 0.29) is 17.4 Å². The van der Waals surface area contributed by atoms with Crippen LogP contribution in [0.5, 0.6) is 0 Å². The third kappa shape index (κ3) is 4.16. The smallest absolute Gasteiger partial charge is 0.236 e. The summed E-state index contributed by atoms with van der Waals surface area (Å²) in [5.74, 6) is 2.16. The van der Waals surface area contributed by atoms with Gasteiger partial charge in [0.2, 0.25) is 17.8 Å². The second-order valence-corrected chi connectivity index (χ2v) is 10.2. The van der Waals surface area contributed by atoms with Gasteiger partial charge in [-0.3, -0.25) is 9.69 Å². The molecule has 2 N–H and O–H groups in total. The molecule has 0 saturated carbocycles. The number of nitrogens with zero attached hydrogens (tertiary/aromatic N) is 8. The Bertz CT molecular complexity index is 1100. The van der Waals surface area contributed by atoms with Crippen molar-refractivity contribution in [3.05, 3.63) is 18.0 Å². The number of morpholine rings is 1. The monoisotopic (exact) mass is 479 g/mol. The van der Waals surface area contributed by atoms with Gasteiger partial charge in [0, 0.05) is 56.2 Å². The molecule has 0 spiro atoms. The zero-order valence-corrected chi connectivity index (χ0v) is 20.3. The molecular weight excluding hydrogens is 446 g/mol. The Morgan fingerprint density at radius 1 is 1.09 bits per heavy atom. The number of carbonyl (C=O) groups excluding carboxylic acids is 1. The molecule has 2 aromatic heterocycles. The molecule has 6 heterocycles. The number of anilines is 3. The van der Waals surface area contributed by atoms with Gasteiger partial charge in [0.05, 0.1) is 31.0 Å². The number of rotatable bonds is 5. The summed E-state index contributed by atoms with van der Waals surface area (Å²) in [6, 6.07) is 0. The first-order valence-corrected chi connectivity index (χ1v) is 12.6. The van der Waals surface area contributed by atoms with Crippen molar-refractivity contribution >= 4 is 23.6 Å². The number of likely N-dealkylation sites (tertiary alicyclic amines) is 2. The van der Waals surface area contributed by atoms with Crippen LogP contribution < -0.4 is 15.5 Å². The molecule has 0 aromatic carbocycles. The van der Waals surface area contributed by atoms with Gasteiger partial charge in [-0.2, -0.15) is 4.98 Å². The predicted molar refractivity (Wildman–Crippen MR) is 132 cm³/mol. The number of hydrogen-bond donors (Lipinski definition) is 1.